The van der Waals surface area contributed by atoms with E-state index in [-0.39, 0.29) is 30.1 Å². The molecule has 0 spiro atoms. The van der Waals surface area contributed by atoms with E-state index in [0.717, 1.165) is 63.1 Å². The van der Waals surface area contributed by atoms with Gasteiger partial charge in [-0.2, -0.15) is 0 Å². The largest absolute Gasteiger partial charge is 0.373 e. The number of hydrogen-bond donors (Lipinski definition) is 2. The van der Waals surface area contributed by atoms with Crippen LogP contribution in [0.15, 0.2) is 29.3 Å². The molecule has 4 rings (SSSR count). The summed E-state index contributed by atoms with van der Waals surface area (Å²) in [5, 5.41) is 15.7. The Hall–Kier alpha value is -1.68. The molecule has 1 fully saturated rings. The van der Waals surface area contributed by atoms with Gasteiger partial charge in [0.05, 0.1) is 6.10 Å². The van der Waals surface area contributed by atoms with Gasteiger partial charge in [-0.3, -0.25) is 0 Å². The van der Waals surface area contributed by atoms with E-state index in [1.165, 1.54) is 30.4 Å². The molecule has 0 bridgehead atoms. The molecule has 1 saturated heterocycles. The summed E-state index contributed by atoms with van der Waals surface area (Å²) in [5.74, 6) is 3.33. The van der Waals surface area contributed by atoms with Gasteiger partial charge in [0, 0.05) is 38.6 Å². The van der Waals surface area contributed by atoms with Crippen LogP contribution < -0.4 is 10.6 Å². The fourth-order valence-electron chi connectivity index (χ4n) is 4.56. The van der Waals surface area contributed by atoms with E-state index in [4.69, 9.17) is 9.73 Å². The zero-order valence-electron chi connectivity index (χ0n) is 19.3. The third-order valence-corrected chi connectivity index (χ3v) is 6.29. The van der Waals surface area contributed by atoms with E-state index < -0.39 is 0 Å². The van der Waals surface area contributed by atoms with Crippen molar-refractivity contribution in [2.75, 3.05) is 19.7 Å². The lowest BCUT2D eigenvalue weighted by atomic mass is 9.89. The first-order chi connectivity index (χ1) is 15.2. The second-order valence-electron chi connectivity index (χ2n) is 8.68. The topological polar surface area (TPSA) is 76.4 Å². The maximum absolute atomic E-state index is 6.18. The van der Waals surface area contributed by atoms with Crippen LogP contribution >= 0.6 is 24.0 Å². The number of guanidine groups is 1. The molecule has 2 N–H and O–H groups in total. The third-order valence-electron chi connectivity index (χ3n) is 6.29. The van der Waals surface area contributed by atoms with Crippen LogP contribution in [0.3, 0.4) is 0 Å². The molecule has 7 nitrogen and oxygen atoms in total. The number of aryl methyl sites for hydroxylation is 2. The number of fused-ring (bicyclic) bond motifs is 1. The van der Waals surface area contributed by atoms with Crippen molar-refractivity contribution < 1.29 is 4.74 Å². The molecule has 2 aliphatic heterocycles. The maximum Gasteiger partial charge on any atom is 0.191 e. The normalized spacial score (nSPS) is 21.2. The fourth-order valence-corrected chi connectivity index (χ4v) is 4.56. The number of benzene rings is 1. The first-order valence-electron chi connectivity index (χ1n) is 11.9. The average molecular weight is 553 g/mol. The molecule has 2 unspecified atom stereocenters. The molecular weight excluding hydrogens is 515 g/mol. The van der Waals surface area contributed by atoms with Gasteiger partial charge in [0.2, 0.25) is 0 Å². The number of rotatable bonds is 6. The van der Waals surface area contributed by atoms with Crippen molar-refractivity contribution in [2.24, 2.45) is 10.9 Å². The van der Waals surface area contributed by atoms with Gasteiger partial charge in [0.15, 0.2) is 11.8 Å². The predicted octanol–water partition coefficient (Wildman–Crippen LogP) is 4.15. The highest BCUT2D eigenvalue weighted by atomic mass is 127. The quantitative estimate of drug-likeness (QED) is 0.320. The minimum Gasteiger partial charge on any atom is -0.373 e. The summed E-state index contributed by atoms with van der Waals surface area (Å²) >= 11 is 0. The highest BCUT2D eigenvalue weighted by molar-refractivity contribution is 14.0. The van der Waals surface area contributed by atoms with Crippen molar-refractivity contribution in [3.63, 3.8) is 0 Å². The number of nitrogens with zero attached hydrogens (tertiary/aromatic N) is 4. The van der Waals surface area contributed by atoms with Crippen molar-refractivity contribution in [1.29, 1.82) is 0 Å². The van der Waals surface area contributed by atoms with E-state index in [9.17, 15) is 0 Å². The van der Waals surface area contributed by atoms with Crippen LogP contribution in [-0.4, -0.2) is 40.4 Å². The molecule has 2 atom stereocenters. The molecule has 0 amide bonds. The van der Waals surface area contributed by atoms with Gasteiger partial charge in [0.25, 0.3) is 0 Å². The van der Waals surface area contributed by atoms with Gasteiger partial charge in [0.1, 0.15) is 12.4 Å². The zero-order valence-corrected chi connectivity index (χ0v) is 21.7. The van der Waals surface area contributed by atoms with E-state index in [2.05, 4.69) is 63.5 Å². The Morgan fingerprint density at radius 2 is 1.97 bits per heavy atom. The summed E-state index contributed by atoms with van der Waals surface area (Å²) in [7, 11) is 0. The van der Waals surface area contributed by atoms with Crippen LogP contribution in [-0.2, 0) is 24.2 Å². The highest BCUT2D eigenvalue weighted by Gasteiger charge is 2.27. The number of nitrogens with one attached hydrogen (secondary N) is 2. The van der Waals surface area contributed by atoms with Crippen LogP contribution in [0.1, 0.15) is 67.9 Å². The monoisotopic (exact) mass is 552 g/mol. The summed E-state index contributed by atoms with van der Waals surface area (Å²) in [5.41, 5.74) is 2.55. The summed E-state index contributed by atoms with van der Waals surface area (Å²) < 4.78 is 8.45. The molecular formula is C24H37IN6O. The minimum absolute atomic E-state index is 0. The Morgan fingerprint density at radius 3 is 2.78 bits per heavy atom. The van der Waals surface area contributed by atoms with Crippen molar-refractivity contribution in [2.45, 2.75) is 71.6 Å². The first-order valence-corrected chi connectivity index (χ1v) is 11.9. The van der Waals surface area contributed by atoms with Gasteiger partial charge in [-0.1, -0.05) is 36.2 Å². The van der Waals surface area contributed by atoms with Crippen LogP contribution in [0.25, 0.3) is 0 Å². The first kappa shape index (κ1) is 25.0. The van der Waals surface area contributed by atoms with Crippen molar-refractivity contribution in [1.82, 2.24) is 25.4 Å². The molecule has 1 aromatic heterocycles. The molecule has 3 heterocycles. The number of hydrogen-bond acceptors (Lipinski definition) is 4. The maximum atomic E-state index is 6.18. The Labute approximate surface area is 208 Å². The number of halogens is 1. The molecule has 2 aliphatic rings. The lowest BCUT2D eigenvalue weighted by molar-refractivity contribution is -0.0265. The molecule has 1 aromatic carbocycles. The van der Waals surface area contributed by atoms with Crippen molar-refractivity contribution >= 4 is 29.9 Å². The summed E-state index contributed by atoms with van der Waals surface area (Å²) in [6, 6.07) is 8.75. The van der Waals surface area contributed by atoms with Gasteiger partial charge < -0.3 is 19.9 Å². The molecule has 32 heavy (non-hydrogen) atoms. The molecule has 176 valence electrons. The van der Waals surface area contributed by atoms with Crippen LogP contribution in [0.2, 0.25) is 0 Å². The smallest absolute Gasteiger partial charge is 0.191 e. The zero-order chi connectivity index (χ0) is 21.5. The van der Waals surface area contributed by atoms with E-state index in [1.807, 2.05) is 0 Å². The Kier molecular flexibility index (Phi) is 9.77. The van der Waals surface area contributed by atoms with Gasteiger partial charge >= 0.3 is 0 Å². The summed E-state index contributed by atoms with van der Waals surface area (Å²) in [6.07, 6.45) is 7.09. The predicted molar refractivity (Wildman–Crippen MR) is 138 cm³/mol. The lowest BCUT2D eigenvalue weighted by Crippen LogP contribution is -2.42. The van der Waals surface area contributed by atoms with Gasteiger partial charge in [-0.15, -0.1) is 34.2 Å². The fraction of sp³-hybridized carbons (Fsp3) is 0.625. The number of aliphatic imine (C=N–C) groups is 1. The van der Waals surface area contributed by atoms with E-state index >= 15 is 0 Å². The van der Waals surface area contributed by atoms with Crippen LogP contribution in [0.4, 0.5) is 0 Å². The second-order valence-corrected chi connectivity index (χ2v) is 8.68. The Bertz CT molecular complexity index is 866. The molecule has 0 saturated carbocycles. The van der Waals surface area contributed by atoms with Crippen LogP contribution in [0.5, 0.6) is 0 Å². The van der Waals surface area contributed by atoms with Crippen LogP contribution in [0, 0.1) is 12.8 Å². The lowest BCUT2D eigenvalue weighted by Gasteiger charge is -2.32. The summed E-state index contributed by atoms with van der Waals surface area (Å²) in [4.78, 5) is 4.82. The molecule has 2 aromatic rings. The van der Waals surface area contributed by atoms with Gasteiger partial charge in [-0.05, 0) is 45.1 Å². The van der Waals surface area contributed by atoms with Crippen molar-refractivity contribution in [3.8, 4) is 0 Å². The number of aromatic nitrogens is 3. The van der Waals surface area contributed by atoms with E-state index in [1.54, 1.807) is 0 Å². The molecule has 8 heteroatoms. The Morgan fingerprint density at radius 1 is 1.12 bits per heavy atom. The van der Waals surface area contributed by atoms with Gasteiger partial charge in [-0.25, -0.2) is 4.99 Å². The highest BCUT2D eigenvalue weighted by Crippen LogP contribution is 2.33. The standard InChI is InChI=1S/C24H36N6O.HI/c1-3-25-24(27-17-22-29-28-21-9-5-4-6-14-30(21)22)26-16-20-8-7-15-31-23(20)19-12-10-18(2)11-13-19;/h10-13,20,23H,3-9,14-17H2,1-2H3,(H2,25,26,27);1H. The van der Waals surface area contributed by atoms with E-state index in [0.29, 0.717) is 12.5 Å². The average Bonchev–Trinajstić information content (AvgIpc) is 3.02. The summed E-state index contributed by atoms with van der Waals surface area (Å²) in [6.45, 7) is 8.27. The minimum atomic E-state index is 0. The molecule has 0 aliphatic carbocycles. The van der Waals surface area contributed by atoms with Crippen molar-refractivity contribution in [3.05, 3.63) is 47.0 Å². The molecule has 0 radical (unpaired) electrons. The Balaban J connectivity index is 0.00000289. The number of ether oxygens (including phenoxy) is 1. The third kappa shape index (κ3) is 6.43. The second kappa shape index (κ2) is 12.5. The SMILES string of the molecule is CCNC(=NCc1nnc2n1CCCCC2)NCC1CCCOC1c1ccc(C)cc1.I.